The van der Waals surface area contributed by atoms with Crippen LogP contribution in [0.4, 0.5) is 19.0 Å². The maximum Gasteiger partial charge on any atom is 0.416 e. The highest BCUT2D eigenvalue weighted by Crippen LogP contribution is 2.36. The molecule has 2 aromatic carbocycles. The van der Waals surface area contributed by atoms with Gasteiger partial charge in [0.05, 0.1) is 12.2 Å². The number of aromatic nitrogens is 1. The Bertz CT molecular complexity index is 1350. The first-order valence-electron chi connectivity index (χ1n) is 10.6. The summed E-state index contributed by atoms with van der Waals surface area (Å²) in [4.78, 5) is 17.0. The second-order valence-electron chi connectivity index (χ2n) is 7.45. The van der Waals surface area contributed by atoms with Crippen molar-refractivity contribution in [1.82, 2.24) is 4.98 Å². The third-order valence-electron chi connectivity index (χ3n) is 5.04. The van der Waals surface area contributed by atoms with Gasteiger partial charge < -0.3 is 19.9 Å². The van der Waals surface area contributed by atoms with E-state index in [1.54, 1.807) is 49.5 Å². The van der Waals surface area contributed by atoms with Crippen molar-refractivity contribution < 1.29 is 32.2 Å². The summed E-state index contributed by atoms with van der Waals surface area (Å²) >= 11 is 1.25. The van der Waals surface area contributed by atoms with E-state index in [4.69, 9.17) is 19.9 Å². The average Bonchev–Trinajstić information content (AvgIpc) is 3.22. The van der Waals surface area contributed by atoms with Gasteiger partial charge in [0.25, 0.3) is 0 Å². The zero-order valence-electron chi connectivity index (χ0n) is 18.6. The van der Waals surface area contributed by atoms with Gasteiger partial charge in [0.2, 0.25) is 0 Å². The molecule has 2 aromatic heterocycles. The summed E-state index contributed by atoms with van der Waals surface area (Å²) in [6, 6.07) is 13.4. The number of hydrogen-bond donors (Lipinski definition) is 1. The van der Waals surface area contributed by atoms with E-state index in [1.807, 2.05) is 0 Å². The number of anilines is 1. The first-order valence-corrected chi connectivity index (χ1v) is 11.4. The average molecular weight is 503 g/mol. The molecule has 6 nitrogen and oxygen atoms in total. The Morgan fingerprint density at radius 1 is 1.03 bits per heavy atom. The lowest BCUT2D eigenvalue weighted by molar-refractivity contribution is -0.137. The number of rotatable bonds is 8. The number of ether oxygens (including phenoxy) is 3. The minimum Gasteiger partial charge on any atom is -0.489 e. The molecule has 0 saturated heterocycles. The van der Waals surface area contributed by atoms with Crippen molar-refractivity contribution in [2.75, 3.05) is 12.3 Å². The first-order chi connectivity index (χ1) is 16.8. The molecule has 0 saturated carbocycles. The fourth-order valence-electron chi connectivity index (χ4n) is 3.45. The smallest absolute Gasteiger partial charge is 0.416 e. The number of hydrogen-bond acceptors (Lipinski definition) is 7. The zero-order chi connectivity index (χ0) is 25.0. The molecule has 0 fully saturated rings. The predicted molar refractivity (Wildman–Crippen MR) is 127 cm³/mol. The lowest BCUT2D eigenvalue weighted by Gasteiger charge is -2.12. The van der Waals surface area contributed by atoms with E-state index in [9.17, 15) is 18.0 Å². The molecule has 0 bridgehead atoms. The Balaban J connectivity index is 1.50. The summed E-state index contributed by atoms with van der Waals surface area (Å²) in [5, 5.41) is 0.637. The molecule has 10 heteroatoms. The number of fused-ring (bicyclic) bond motifs is 1. The number of alkyl halides is 3. The van der Waals surface area contributed by atoms with Crippen LogP contribution in [0.25, 0.3) is 10.1 Å². The summed E-state index contributed by atoms with van der Waals surface area (Å²) in [5.74, 6) is 0.681. The predicted octanol–water partition coefficient (Wildman–Crippen LogP) is 6.23. The van der Waals surface area contributed by atoms with Gasteiger partial charge in [-0.05, 0) is 42.8 Å². The molecule has 2 heterocycles. The third-order valence-corrected chi connectivity index (χ3v) is 6.22. The number of halogens is 3. The van der Waals surface area contributed by atoms with Crippen molar-refractivity contribution in [2.24, 2.45) is 0 Å². The van der Waals surface area contributed by atoms with Crippen LogP contribution in [0.3, 0.4) is 0 Å². The maximum absolute atomic E-state index is 12.9. The van der Waals surface area contributed by atoms with Gasteiger partial charge >= 0.3 is 12.1 Å². The number of nitrogens with zero attached hydrogens (tertiary/aromatic N) is 1. The summed E-state index contributed by atoms with van der Waals surface area (Å²) in [7, 11) is 0. The van der Waals surface area contributed by atoms with E-state index in [0.29, 0.717) is 32.9 Å². The summed E-state index contributed by atoms with van der Waals surface area (Å²) in [6.07, 6.45) is -2.85. The molecular weight excluding hydrogens is 481 g/mol. The SMILES string of the molecule is CCOC(=O)c1sc2ccnc(N)c2c1COc1cccc(OCc2cccc(C(F)(F)F)c2)c1. The molecular formula is C25H21F3N2O4S. The Morgan fingerprint density at radius 3 is 2.46 bits per heavy atom. The molecule has 0 atom stereocenters. The van der Waals surface area contributed by atoms with Crippen LogP contribution >= 0.6 is 11.3 Å². The van der Waals surface area contributed by atoms with Crippen molar-refractivity contribution >= 4 is 33.2 Å². The number of pyridine rings is 1. The number of carbonyl (C=O) groups excluding carboxylic acids is 1. The van der Waals surface area contributed by atoms with E-state index in [0.717, 1.165) is 16.8 Å². The number of carbonyl (C=O) groups is 1. The highest BCUT2D eigenvalue weighted by molar-refractivity contribution is 7.21. The number of thiophene rings is 1. The van der Waals surface area contributed by atoms with Gasteiger partial charge in [0.15, 0.2) is 0 Å². The highest BCUT2D eigenvalue weighted by Gasteiger charge is 2.30. The van der Waals surface area contributed by atoms with Gasteiger partial charge in [0, 0.05) is 27.9 Å². The van der Waals surface area contributed by atoms with Gasteiger partial charge in [-0.1, -0.05) is 18.2 Å². The third kappa shape index (κ3) is 5.65. The molecule has 4 aromatic rings. The topological polar surface area (TPSA) is 83.7 Å². The van der Waals surface area contributed by atoms with E-state index in [2.05, 4.69) is 4.98 Å². The second-order valence-corrected chi connectivity index (χ2v) is 8.50. The summed E-state index contributed by atoms with van der Waals surface area (Å²) < 4.78 is 56.4. The van der Waals surface area contributed by atoms with Crippen LogP contribution in [-0.4, -0.2) is 17.6 Å². The van der Waals surface area contributed by atoms with Gasteiger partial charge in [0.1, 0.15) is 35.4 Å². The van der Waals surface area contributed by atoms with Crippen molar-refractivity contribution in [3.63, 3.8) is 0 Å². The largest absolute Gasteiger partial charge is 0.489 e. The summed E-state index contributed by atoms with van der Waals surface area (Å²) in [6.45, 7) is 1.94. The molecule has 0 spiro atoms. The van der Waals surface area contributed by atoms with Crippen LogP contribution < -0.4 is 15.2 Å². The highest BCUT2D eigenvalue weighted by atomic mass is 32.1. The molecule has 35 heavy (non-hydrogen) atoms. The Hall–Kier alpha value is -3.79. The van der Waals surface area contributed by atoms with Crippen LogP contribution in [0, 0.1) is 0 Å². The molecule has 0 aliphatic carbocycles. The Labute approximate surface area is 203 Å². The number of nitrogen functional groups attached to an aromatic ring is 1. The maximum atomic E-state index is 12.9. The van der Waals surface area contributed by atoms with Crippen LogP contribution in [0.2, 0.25) is 0 Å². The Kier molecular flexibility index (Phi) is 7.11. The number of nitrogens with two attached hydrogens (primary N) is 1. The molecule has 0 amide bonds. The minimum absolute atomic E-state index is 0.0289. The fourth-order valence-corrected chi connectivity index (χ4v) is 4.55. The lowest BCUT2D eigenvalue weighted by Crippen LogP contribution is -2.08. The normalized spacial score (nSPS) is 11.4. The molecule has 0 unspecified atom stereocenters. The van der Waals surface area contributed by atoms with E-state index < -0.39 is 17.7 Å². The van der Waals surface area contributed by atoms with E-state index in [-0.39, 0.29) is 25.6 Å². The molecule has 2 N–H and O–H groups in total. The molecule has 182 valence electrons. The van der Waals surface area contributed by atoms with Crippen molar-refractivity contribution in [1.29, 1.82) is 0 Å². The van der Waals surface area contributed by atoms with E-state index in [1.165, 1.54) is 17.4 Å². The molecule has 4 rings (SSSR count). The van der Waals surface area contributed by atoms with Gasteiger partial charge in [-0.2, -0.15) is 13.2 Å². The van der Waals surface area contributed by atoms with Gasteiger partial charge in [-0.3, -0.25) is 0 Å². The second kappa shape index (κ2) is 10.2. The van der Waals surface area contributed by atoms with E-state index >= 15 is 0 Å². The van der Waals surface area contributed by atoms with Crippen LogP contribution in [0.5, 0.6) is 11.5 Å². The number of benzene rings is 2. The monoisotopic (exact) mass is 502 g/mol. The van der Waals surface area contributed by atoms with Gasteiger partial charge in [-0.25, -0.2) is 9.78 Å². The minimum atomic E-state index is -4.42. The zero-order valence-corrected chi connectivity index (χ0v) is 19.4. The molecule has 0 radical (unpaired) electrons. The molecule has 0 aliphatic heterocycles. The van der Waals surface area contributed by atoms with Gasteiger partial charge in [-0.15, -0.1) is 11.3 Å². The fraction of sp³-hybridized carbons (Fsp3) is 0.200. The van der Waals surface area contributed by atoms with Crippen molar-refractivity contribution in [2.45, 2.75) is 26.3 Å². The number of esters is 1. The quantitative estimate of drug-likeness (QED) is 0.288. The standard InChI is InChI=1S/C25H21F3N2O4S/c1-2-32-24(31)22-19(21-20(35-22)9-10-30-23(21)29)14-34-18-8-4-7-17(12-18)33-13-15-5-3-6-16(11-15)25(26,27)28/h3-12H,2,13-14H2,1H3,(H2,29,30). The van der Waals surface area contributed by atoms with Crippen LogP contribution in [0.1, 0.15) is 33.3 Å². The first kappa shape index (κ1) is 24.3. The van der Waals surface area contributed by atoms with Crippen molar-refractivity contribution in [3.8, 4) is 11.5 Å². The molecule has 0 aliphatic rings. The van der Waals surface area contributed by atoms with Crippen LogP contribution in [0.15, 0.2) is 60.8 Å². The lowest BCUT2D eigenvalue weighted by atomic mass is 10.1. The van der Waals surface area contributed by atoms with Crippen molar-refractivity contribution in [3.05, 3.63) is 82.4 Å². The Morgan fingerprint density at radius 2 is 1.74 bits per heavy atom. The summed E-state index contributed by atoms with van der Waals surface area (Å²) in [5.41, 5.74) is 6.30. The van der Waals surface area contributed by atoms with Crippen LogP contribution in [-0.2, 0) is 24.1 Å².